The second-order valence-electron chi connectivity index (χ2n) is 3.73. The fourth-order valence-corrected chi connectivity index (χ4v) is 1.51. The number of aromatic nitrogens is 2. The monoisotopic (exact) mass is 224 g/mol. The van der Waals surface area contributed by atoms with E-state index in [1.807, 2.05) is 33.8 Å². The summed E-state index contributed by atoms with van der Waals surface area (Å²) < 4.78 is 0. The Kier molecular flexibility index (Phi) is 3.96. The summed E-state index contributed by atoms with van der Waals surface area (Å²) in [6.45, 7) is 7.91. The molecule has 15 heavy (non-hydrogen) atoms. The standard InChI is InChI=1S/C10H16N4S/c1-6(2)11-10(15)14-9-12-7(3)5-8(4)13-9/h5-6H,1-4H3,(H2,11,12,13,14,15). The lowest BCUT2D eigenvalue weighted by Gasteiger charge is -2.12. The first-order chi connectivity index (χ1) is 6.97. The second-order valence-corrected chi connectivity index (χ2v) is 4.14. The van der Waals surface area contributed by atoms with Gasteiger partial charge in [0.1, 0.15) is 0 Å². The molecule has 0 atom stereocenters. The van der Waals surface area contributed by atoms with E-state index >= 15 is 0 Å². The average Bonchev–Trinajstić information content (AvgIpc) is 1.98. The molecule has 0 aliphatic rings. The number of anilines is 1. The van der Waals surface area contributed by atoms with Crippen molar-refractivity contribution in [2.24, 2.45) is 0 Å². The van der Waals surface area contributed by atoms with E-state index in [4.69, 9.17) is 12.2 Å². The zero-order valence-electron chi connectivity index (χ0n) is 9.46. The first-order valence-corrected chi connectivity index (χ1v) is 5.28. The van der Waals surface area contributed by atoms with Gasteiger partial charge in [0.2, 0.25) is 5.95 Å². The van der Waals surface area contributed by atoms with Crippen LogP contribution in [0.3, 0.4) is 0 Å². The van der Waals surface area contributed by atoms with Crippen molar-refractivity contribution in [1.82, 2.24) is 15.3 Å². The minimum Gasteiger partial charge on any atom is -0.360 e. The summed E-state index contributed by atoms with van der Waals surface area (Å²) in [6, 6.07) is 2.22. The molecule has 1 heterocycles. The second kappa shape index (κ2) is 5.02. The molecule has 1 rings (SSSR count). The SMILES string of the molecule is Cc1cc(C)nc(NC(=S)NC(C)C)n1. The van der Waals surface area contributed by atoms with Gasteiger partial charge in [-0.1, -0.05) is 0 Å². The smallest absolute Gasteiger partial charge is 0.229 e. The van der Waals surface area contributed by atoms with Crippen molar-refractivity contribution in [1.29, 1.82) is 0 Å². The Bertz CT molecular complexity index is 342. The molecule has 1 aromatic heterocycles. The largest absolute Gasteiger partial charge is 0.360 e. The molecule has 2 N–H and O–H groups in total. The zero-order valence-corrected chi connectivity index (χ0v) is 10.3. The quantitative estimate of drug-likeness (QED) is 0.750. The molecule has 82 valence electrons. The molecule has 1 aromatic rings. The molecular formula is C10H16N4S. The number of thiocarbonyl (C=S) groups is 1. The maximum atomic E-state index is 5.10. The Morgan fingerprint density at radius 1 is 1.27 bits per heavy atom. The van der Waals surface area contributed by atoms with Crippen molar-refractivity contribution in [3.63, 3.8) is 0 Å². The summed E-state index contributed by atoms with van der Waals surface area (Å²) in [5.41, 5.74) is 1.86. The molecular weight excluding hydrogens is 208 g/mol. The van der Waals surface area contributed by atoms with Crippen molar-refractivity contribution in [2.45, 2.75) is 33.7 Å². The number of hydrogen-bond donors (Lipinski definition) is 2. The van der Waals surface area contributed by atoms with Gasteiger partial charge in [0.25, 0.3) is 0 Å². The summed E-state index contributed by atoms with van der Waals surface area (Å²) in [7, 11) is 0. The van der Waals surface area contributed by atoms with Crippen molar-refractivity contribution >= 4 is 23.3 Å². The van der Waals surface area contributed by atoms with Crippen LogP contribution in [-0.4, -0.2) is 21.1 Å². The van der Waals surface area contributed by atoms with Crippen molar-refractivity contribution in [2.75, 3.05) is 5.32 Å². The van der Waals surface area contributed by atoms with Crippen molar-refractivity contribution in [3.05, 3.63) is 17.5 Å². The molecule has 0 unspecified atom stereocenters. The van der Waals surface area contributed by atoms with Gasteiger partial charge in [0, 0.05) is 17.4 Å². The lowest BCUT2D eigenvalue weighted by Crippen LogP contribution is -2.34. The first kappa shape index (κ1) is 11.8. The van der Waals surface area contributed by atoms with E-state index in [1.165, 1.54) is 0 Å². The van der Waals surface area contributed by atoms with E-state index in [1.54, 1.807) is 0 Å². The van der Waals surface area contributed by atoms with Gasteiger partial charge < -0.3 is 10.6 Å². The van der Waals surface area contributed by atoms with E-state index < -0.39 is 0 Å². The van der Waals surface area contributed by atoms with Gasteiger partial charge in [-0.2, -0.15) is 0 Å². The number of nitrogens with one attached hydrogen (secondary N) is 2. The molecule has 5 heteroatoms. The molecule has 0 aliphatic carbocycles. The maximum absolute atomic E-state index is 5.10. The summed E-state index contributed by atoms with van der Waals surface area (Å²) in [5.74, 6) is 0.547. The minimum absolute atomic E-state index is 0.302. The molecule has 0 saturated carbocycles. The average molecular weight is 224 g/mol. The number of rotatable bonds is 2. The lowest BCUT2D eigenvalue weighted by atomic mass is 10.4. The predicted molar refractivity (Wildman–Crippen MR) is 66.0 cm³/mol. The van der Waals surface area contributed by atoms with Crippen molar-refractivity contribution in [3.8, 4) is 0 Å². The number of aryl methyl sites for hydroxylation is 2. The highest BCUT2D eigenvalue weighted by atomic mass is 32.1. The molecule has 0 spiro atoms. The van der Waals surface area contributed by atoms with Gasteiger partial charge >= 0.3 is 0 Å². The molecule has 0 aliphatic heterocycles. The Morgan fingerprint density at radius 2 is 1.80 bits per heavy atom. The predicted octanol–water partition coefficient (Wildman–Crippen LogP) is 1.79. The number of hydrogen-bond acceptors (Lipinski definition) is 3. The zero-order chi connectivity index (χ0) is 11.4. The highest BCUT2D eigenvalue weighted by Crippen LogP contribution is 2.03. The molecule has 0 aromatic carbocycles. The van der Waals surface area contributed by atoms with E-state index in [0.29, 0.717) is 17.1 Å². The van der Waals surface area contributed by atoms with Crippen LogP contribution in [0.4, 0.5) is 5.95 Å². The van der Waals surface area contributed by atoms with E-state index in [2.05, 4.69) is 20.6 Å². The summed E-state index contributed by atoms with van der Waals surface area (Å²) in [6.07, 6.45) is 0. The highest BCUT2D eigenvalue weighted by Gasteiger charge is 2.02. The molecule has 0 radical (unpaired) electrons. The van der Waals surface area contributed by atoms with Crippen LogP contribution in [0.15, 0.2) is 6.07 Å². The van der Waals surface area contributed by atoms with Crippen LogP contribution in [0.1, 0.15) is 25.2 Å². The molecule has 0 saturated heterocycles. The van der Waals surface area contributed by atoms with Crippen LogP contribution in [0.5, 0.6) is 0 Å². The third-order valence-electron chi connectivity index (χ3n) is 1.63. The topological polar surface area (TPSA) is 49.8 Å². The normalized spacial score (nSPS) is 10.2. The van der Waals surface area contributed by atoms with Gasteiger partial charge in [-0.3, -0.25) is 0 Å². The number of nitrogens with zero attached hydrogens (tertiary/aromatic N) is 2. The molecule has 0 bridgehead atoms. The Labute approximate surface area is 95.5 Å². The maximum Gasteiger partial charge on any atom is 0.229 e. The van der Waals surface area contributed by atoms with Gasteiger partial charge in [0.15, 0.2) is 5.11 Å². The summed E-state index contributed by atoms with van der Waals surface area (Å²) >= 11 is 5.10. The van der Waals surface area contributed by atoms with Gasteiger partial charge in [-0.05, 0) is 46.0 Å². The van der Waals surface area contributed by atoms with E-state index in [9.17, 15) is 0 Å². The van der Waals surface area contributed by atoms with Gasteiger partial charge in [0.05, 0.1) is 0 Å². The first-order valence-electron chi connectivity index (χ1n) is 4.87. The van der Waals surface area contributed by atoms with Gasteiger partial charge in [-0.15, -0.1) is 0 Å². The third kappa shape index (κ3) is 4.20. The Hall–Kier alpha value is -1.23. The Balaban J connectivity index is 2.68. The Morgan fingerprint density at radius 3 is 2.27 bits per heavy atom. The highest BCUT2D eigenvalue weighted by molar-refractivity contribution is 7.80. The minimum atomic E-state index is 0.302. The van der Waals surface area contributed by atoms with Crippen LogP contribution in [0.25, 0.3) is 0 Å². The van der Waals surface area contributed by atoms with Crippen molar-refractivity contribution < 1.29 is 0 Å². The fourth-order valence-electron chi connectivity index (χ4n) is 1.18. The van der Waals surface area contributed by atoms with E-state index in [0.717, 1.165) is 11.4 Å². The fraction of sp³-hybridized carbons (Fsp3) is 0.500. The third-order valence-corrected chi connectivity index (χ3v) is 1.85. The van der Waals surface area contributed by atoms with Crippen LogP contribution < -0.4 is 10.6 Å². The van der Waals surface area contributed by atoms with Gasteiger partial charge in [-0.25, -0.2) is 9.97 Å². The van der Waals surface area contributed by atoms with Crippen LogP contribution in [0, 0.1) is 13.8 Å². The van der Waals surface area contributed by atoms with E-state index in [-0.39, 0.29) is 0 Å². The molecule has 4 nitrogen and oxygen atoms in total. The summed E-state index contributed by atoms with van der Waals surface area (Å²) in [4.78, 5) is 8.46. The molecule has 0 amide bonds. The summed E-state index contributed by atoms with van der Waals surface area (Å²) in [5, 5.41) is 6.57. The van der Waals surface area contributed by atoms with Crippen LogP contribution >= 0.6 is 12.2 Å². The van der Waals surface area contributed by atoms with Crippen LogP contribution in [0.2, 0.25) is 0 Å². The molecule has 0 fully saturated rings. The van der Waals surface area contributed by atoms with Crippen LogP contribution in [-0.2, 0) is 0 Å². The lowest BCUT2D eigenvalue weighted by molar-refractivity contribution is 0.738.